The van der Waals surface area contributed by atoms with Crippen LogP contribution >= 0.6 is 0 Å². The number of hydrogen-bond donors (Lipinski definition) is 2. The number of benzene rings is 2. The van der Waals surface area contributed by atoms with E-state index in [4.69, 9.17) is 14.9 Å². The highest BCUT2D eigenvalue weighted by molar-refractivity contribution is 5.64. The fraction of sp³-hybridized carbons (Fsp3) is 0.0769. The van der Waals surface area contributed by atoms with Crippen LogP contribution in [0.2, 0.25) is 0 Å². The van der Waals surface area contributed by atoms with Crippen LogP contribution in [0.15, 0.2) is 36.4 Å². The molecule has 2 rings (SSSR count). The fourth-order valence-electron chi connectivity index (χ4n) is 1.60. The Labute approximate surface area is 139 Å². The summed E-state index contributed by atoms with van der Waals surface area (Å²) in [5.41, 5.74) is -3.00. The van der Waals surface area contributed by atoms with Crippen molar-refractivity contribution in [1.82, 2.24) is 0 Å². The monoisotopic (exact) mass is 353 g/mol. The molecule has 0 radical (unpaired) electrons. The van der Waals surface area contributed by atoms with Crippen LogP contribution in [0.4, 0.5) is 17.1 Å². The quantitative estimate of drug-likeness (QED) is 0.616. The number of non-ortho nitro benzene ring substituents is 1. The SMILES string of the molecule is COc1ccccc1O.O=[N+]([O-])c1cc([N+](=O)[O-])c(O)c([N+](=O)[O-])c1. The second-order valence-electron chi connectivity index (χ2n) is 4.28. The van der Waals surface area contributed by atoms with Gasteiger partial charge in [0, 0.05) is 0 Å². The third-order valence-electron chi connectivity index (χ3n) is 2.74. The van der Waals surface area contributed by atoms with Gasteiger partial charge in [-0.1, -0.05) is 12.1 Å². The molecule has 0 heterocycles. The van der Waals surface area contributed by atoms with E-state index in [-0.39, 0.29) is 5.75 Å². The number of rotatable bonds is 4. The lowest BCUT2D eigenvalue weighted by Gasteiger charge is -1.99. The molecule has 0 aliphatic carbocycles. The third-order valence-corrected chi connectivity index (χ3v) is 2.74. The number of para-hydroxylation sites is 2. The van der Waals surface area contributed by atoms with E-state index < -0.39 is 37.6 Å². The Morgan fingerprint density at radius 3 is 1.68 bits per heavy atom. The van der Waals surface area contributed by atoms with E-state index in [1.807, 2.05) is 0 Å². The van der Waals surface area contributed by atoms with Gasteiger partial charge in [0.1, 0.15) is 0 Å². The average Bonchev–Trinajstić information content (AvgIpc) is 2.55. The van der Waals surface area contributed by atoms with Crippen LogP contribution in [0.5, 0.6) is 17.2 Å². The van der Waals surface area contributed by atoms with E-state index in [1.54, 1.807) is 24.3 Å². The molecule has 0 spiro atoms. The highest BCUT2D eigenvalue weighted by Gasteiger charge is 2.30. The summed E-state index contributed by atoms with van der Waals surface area (Å²) in [7, 11) is 1.52. The summed E-state index contributed by atoms with van der Waals surface area (Å²) in [4.78, 5) is 27.8. The van der Waals surface area contributed by atoms with Gasteiger partial charge in [0.25, 0.3) is 11.4 Å². The van der Waals surface area contributed by atoms with Gasteiger partial charge in [0.15, 0.2) is 11.5 Å². The van der Waals surface area contributed by atoms with Crippen molar-refractivity contribution in [2.45, 2.75) is 0 Å². The van der Waals surface area contributed by atoms with Gasteiger partial charge in [-0.3, -0.25) is 30.3 Å². The average molecular weight is 353 g/mol. The molecule has 12 heteroatoms. The van der Waals surface area contributed by atoms with E-state index in [9.17, 15) is 30.3 Å². The maximum absolute atomic E-state index is 10.4. The Kier molecular flexibility index (Phi) is 6.15. The Balaban J connectivity index is 0.000000293. The molecule has 0 aromatic heterocycles. The zero-order valence-electron chi connectivity index (χ0n) is 12.6. The number of nitro benzene ring substituents is 3. The van der Waals surface area contributed by atoms with E-state index >= 15 is 0 Å². The van der Waals surface area contributed by atoms with Crippen LogP contribution in [-0.4, -0.2) is 32.1 Å². The van der Waals surface area contributed by atoms with Gasteiger partial charge in [0.05, 0.1) is 34.0 Å². The first-order chi connectivity index (χ1) is 11.7. The molecular weight excluding hydrogens is 342 g/mol. The minimum Gasteiger partial charge on any atom is -0.504 e. The summed E-state index contributed by atoms with van der Waals surface area (Å²) in [5.74, 6) is -0.516. The topological polar surface area (TPSA) is 179 Å². The largest absolute Gasteiger partial charge is 0.504 e. The number of methoxy groups -OCH3 is 1. The summed E-state index contributed by atoms with van der Waals surface area (Å²) in [6, 6.07) is 7.73. The molecule has 132 valence electrons. The van der Waals surface area contributed by atoms with Gasteiger partial charge < -0.3 is 14.9 Å². The molecule has 0 saturated carbocycles. The number of aromatic hydroxyl groups is 2. The Morgan fingerprint density at radius 1 is 0.880 bits per heavy atom. The lowest BCUT2D eigenvalue weighted by molar-refractivity contribution is -0.404. The summed E-state index contributed by atoms with van der Waals surface area (Å²) in [5, 5.41) is 49.2. The molecule has 0 unspecified atom stereocenters. The first kappa shape index (κ1) is 19.1. The molecule has 0 aliphatic heterocycles. The second kappa shape index (κ2) is 8.05. The maximum Gasteiger partial charge on any atom is 0.324 e. The Hall–Kier alpha value is -3.96. The first-order valence-electron chi connectivity index (χ1n) is 6.31. The highest BCUT2D eigenvalue weighted by atomic mass is 16.6. The molecule has 12 nitrogen and oxygen atoms in total. The highest BCUT2D eigenvalue weighted by Crippen LogP contribution is 2.38. The number of phenols is 2. The Morgan fingerprint density at radius 2 is 1.36 bits per heavy atom. The van der Waals surface area contributed by atoms with Crippen LogP contribution in [-0.2, 0) is 0 Å². The van der Waals surface area contributed by atoms with Crippen LogP contribution in [0.25, 0.3) is 0 Å². The molecule has 0 saturated heterocycles. The second-order valence-corrected chi connectivity index (χ2v) is 4.28. The summed E-state index contributed by atoms with van der Waals surface area (Å²) in [6.45, 7) is 0. The summed E-state index contributed by atoms with van der Waals surface area (Å²) in [6.07, 6.45) is 0. The minimum atomic E-state index is -1.21. The molecule has 0 bridgehead atoms. The molecule has 0 atom stereocenters. The molecule has 0 fully saturated rings. The van der Waals surface area contributed by atoms with Crippen LogP contribution in [0.1, 0.15) is 0 Å². The predicted octanol–water partition coefficient (Wildman–Crippen LogP) is 2.52. The van der Waals surface area contributed by atoms with E-state index in [0.29, 0.717) is 17.9 Å². The van der Waals surface area contributed by atoms with Crippen molar-refractivity contribution in [1.29, 1.82) is 0 Å². The van der Waals surface area contributed by atoms with Crippen LogP contribution in [0, 0.1) is 30.3 Å². The van der Waals surface area contributed by atoms with Gasteiger partial charge in [0.2, 0.25) is 0 Å². The molecule has 2 N–H and O–H groups in total. The zero-order valence-corrected chi connectivity index (χ0v) is 12.6. The molecule has 25 heavy (non-hydrogen) atoms. The van der Waals surface area contributed by atoms with Gasteiger partial charge in [-0.25, -0.2) is 0 Å². The van der Waals surface area contributed by atoms with Gasteiger partial charge in [-0.05, 0) is 12.1 Å². The number of hydrogen-bond acceptors (Lipinski definition) is 9. The summed E-state index contributed by atoms with van der Waals surface area (Å²) >= 11 is 0. The lowest BCUT2D eigenvalue weighted by Crippen LogP contribution is -1.97. The number of nitro groups is 3. The van der Waals surface area contributed by atoms with Crippen molar-refractivity contribution in [3.05, 3.63) is 66.7 Å². The number of ether oxygens (including phenoxy) is 1. The van der Waals surface area contributed by atoms with Crippen molar-refractivity contribution < 1.29 is 29.7 Å². The van der Waals surface area contributed by atoms with Crippen molar-refractivity contribution in [3.8, 4) is 17.2 Å². The van der Waals surface area contributed by atoms with Crippen molar-refractivity contribution >= 4 is 17.1 Å². The predicted molar refractivity (Wildman–Crippen MR) is 82.7 cm³/mol. The molecule has 2 aromatic rings. The van der Waals surface area contributed by atoms with Gasteiger partial charge >= 0.3 is 11.4 Å². The number of nitrogens with zero attached hydrogens (tertiary/aromatic N) is 3. The van der Waals surface area contributed by atoms with Crippen molar-refractivity contribution in [2.75, 3.05) is 7.11 Å². The Bertz CT molecular complexity index is 787. The molecular formula is C13H11N3O9. The van der Waals surface area contributed by atoms with Crippen LogP contribution in [0.3, 0.4) is 0 Å². The van der Waals surface area contributed by atoms with Gasteiger partial charge in [-0.15, -0.1) is 0 Å². The van der Waals surface area contributed by atoms with Crippen LogP contribution < -0.4 is 4.74 Å². The minimum absolute atomic E-state index is 0.181. The summed E-state index contributed by atoms with van der Waals surface area (Å²) < 4.78 is 4.79. The lowest BCUT2D eigenvalue weighted by atomic mass is 10.2. The first-order valence-corrected chi connectivity index (χ1v) is 6.31. The van der Waals surface area contributed by atoms with Gasteiger partial charge in [-0.2, -0.15) is 0 Å². The van der Waals surface area contributed by atoms with Crippen molar-refractivity contribution in [3.63, 3.8) is 0 Å². The molecule has 2 aromatic carbocycles. The fourth-order valence-corrected chi connectivity index (χ4v) is 1.60. The third kappa shape index (κ3) is 4.75. The van der Waals surface area contributed by atoms with E-state index in [2.05, 4.69) is 0 Å². The molecule has 0 aliphatic rings. The van der Waals surface area contributed by atoms with E-state index in [0.717, 1.165) is 0 Å². The molecule has 0 amide bonds. The standard InChI is InChI=1S/C7H8O2.C6H3N3O7/c1-9-7-5-3-2-4-6(7)8;10-6-4(8(13)14)1-3(7(11)12)2-5(6)9(15)16/h2-5,8H,1H3;1-2,10H. The van der Waals surface area contributed by atoms with Crippen molar-refractivity contribution in [2.24, 2.45) is 0 Å². The zero-order chi connectivity index (χ0) is 19.1. The maximum atomic E-state index is 10.4. The smallest absolute Gasteiger partial charge is 0.324 e. The number of phenolic OH excluding ortho intramolecular Hbond substituents is 2. The normalized spacial score (nSPS) is 9.48. The van der Waals surface area contributed by atoms with E-state index in [1.165, 1.54) is 7.11 Å².